The van der Waals surface area contributed by atoms with Gasteiger partial charge in [0.05, 0.1) is 22.1 Å². The molecule has 12 aromatic rings. The molecule has 0 radical (unpaired) electrons. The van der Waals surface area contributed by atoms with Gasteiger partial charge in [0.1, 0.15) is 0 Å². The summed E-state index contributed by atoms with van der Waals surface area (Å²) in [5, 5.41) is 9.15. The van der Waals surface area contributed by atoms with E-state index < -0.39 is 0 Å². The second-order valence-corrected chi connectivity index (χ2v) is 17.7. The molecule has 0 saturated carbocycles. The molecule has 4 heterocycles. The van der Waals surface area contributed by atoms with Crippen LogP contribution in [0.5, 0.6) is 0 Å². The highest BCUT2D eigenvalue weighted by atomic mass is 32.1. The Balaban J connectivity index is 1.04. The second-order valence-electron chi connectivity index (χ2n) is 15.6. The third-order valence-corrected chi connectivity index (χ3v) is 15.0. The standard InChI is InChI=1S/C54H34N2S2/c1-2-14-34(15-3-1)56-48-25-9-4-16-37(48)41-21-12-20-36(52(41)56)33-28-29-49-44(30-33)38-17-5-8-24-47(38)55(49)35-31-45-40-19-7-11-27-51(40)58-54(45)46(32-35)43-23-13-22-42-39-18-6-10-26-50(39)57-53(42)43/h1-31,46H,32H2. The molecule has 0 bridgehead atoms. The van der Waals surface area contributed by atoms with Gasteiger partial charge >= 0.3 is 0 Å². The van der Waals surface area contributed by atoms with E-state index in [2.05, 4.69) is 197 Å². The van der Waals surface area contributed by atoms with Crippen LogP contribution in [0.25, 0.3) is 102 Å². The van der Waals surface area contributed by atoms with Crippen molar-refractivity contribution < 1.29 is 0 Å². The van der Waals surface area contributed by atoms with Crippen LogP contribution in [0, 0.1) is 0 Å². The number of thiophene rings is 2. The summed E-state index contributed by atoms with van der Waals surface area (Å²) in [5.74, 6) is 0.233. The summed E-state index contributed by atoms with van der Waals surface area (Å²) in [5.41, 5.74) is 12.7. The number of allylic oxidation sites excluding steroid dienone is 1. The van der Waals surface area contributed by atoms with E-state index in [9.17, 15) is 0 Å². The van der Waals surface area contributed by atoms with Gasteiger partial charge in [0.15, 0.2) is 0 Å². The zero-order valence-corrected chi connectivity index (χ0v) is 33.0. The normalized spacial score (nSPS) is 14.4. The monoisotopic (exact) mass is 774 g/mol. The van der Waals surface area contributed by atoms with Crippen LogP contribution < -0.4 is 0 Å². The molecule has 0 fully saturated rings. The Bertz CT molecular complexity index is 3670. The van der Waals surface area contributed by atoms with E-state index in [4.69, 9.17) is 0 Å². The number of para-hydroxylation sites is 4. The maximum Gasteiger partial charge on any atom is 0.0619 e. The molecule has 4 aromatic heterocycles. The summed E-state index contributed by atoms with van der Waals surface area (Å²) in [6, 6.07) is 67.4. The zero-order valence-electron chi connectivity index (χ0n) is 31.4. The average molecular weight is 775 g/mol. The fourth-order valence-corrected chi connectivity index (χ4v) is 12.6. The highest BCUT2D eigenvalue weighted by Gasteiger charge is 2.31. The number of hydrogen-bond acceptors (Lipinski definition) is 2. The van der Waals surface area contributed by atoms with Crippen molar-refractivity contribution in [1.29, 1.82) is 0 Å². The van der Waals surface area contributed by atoms with E-state index in [1.807, 2.05) is 22.7 Å². The molecule has 0 saturated heterocycles. The van der Waals surface area contributed by atoms with Crippen molar-refractivity contribution in [1.82, 2.24) is 9.13 Å². The Kier molecular flexibility index (Phi) is 6.91. The van der Waals surface area contributed by atoms with Crippen molar-refractivity contribution in [3.8, 4) is 16.8 Å². The van der Waals surface area contributed by atoms with Gasteiger partial charge in [-0.3, -0.25) is 0 Å². The number of nitrogens with zero attached hydrogens (tertiary/aromatic N) is 2. The molecule has 1 unspecified atom stereocenters. The van der Waals surface area contributed by atoms with Crippen LogP contribution in [-0.4, -0.2) is 9.13 Å². The van der Waals surface area contributed by atoms with Gasteiger partial charge in [-0.15, -0.1) is 22.7 Å². The van der Waals surface area contributed by atoms with Gasteiger partial charge in [-0.05, 0) is 77.7 Å². The SMILES string of the molecule is C1=C(n2c3ccccc3c3cc(-c4cccc5c6ccccc6n(-c6ccccc6)c45)ccc32)CC(c2cccc3c2sc2ccccc23)c2sc3ccccc3c21. The van der Waals surface area contributed by atoms with E-state index in [-0.39, 0.29) is 5.92 Å². The lowest BCUT2D eigenvalue weighted by Gasteiger charge is -2.26. The molecule has 272 valence electrons. The molecule has 58 heavy (non-hydrogen) atoms. The topological polar surface area (TPSA) is 9.86 Å². The fraction of sp³-hybridized carbons (Fsp3) is 0.0370. The van der Waals surface area contributed by atoms with Gasteiger partial charge in [-0.25, -0.2) is 0 Å². The molecule has 2 nitrogen and oxygen atoms in total. The summed E-state index contributed by atoms with van der Waals surface area (Å²) in [7, 11) is 0. The van der Waals surface area contributed by atoms with Gasteiger partial charge in [0, 0.05) is 79.5 Å². The molecule has 4 heteroatoms. The van der Waals surface area contributed by atoms with Crippen molar-refractivity contribution >= 4 is 108 Å². The average Bonchev–Trinajstić information content (AvgIpc) is 4.04. The summed E-state index contributed by atoms with van der Waals surface area (Å²) < 4.78 is 9.13. The van der Waals surface area contributed by atoms with E-state index >= 15 is 0 Å². The Morgan fingerprint density at radius 1 is 0.448 bits per heavy atom. The van der Waals surface area contributed by atoms with E-state index in [0.29, 0.717) is 0 Å². The van der Waals surface area contributed by atoms with E-state index in [1.54, 1.807) is 0 Å². The summed E-state index contributed by atoms with van der Waals surface area (Å²) in [4.78, 5) is 1.47. The van der Waals surface area contributed by atoms with Crippen LogP contribution >= 0.6 is 22.7 Å². The number of rotatable bonds is 4. The maximum absolute atomic E-state index is 2.57. The van der Waals surface area contributed by atoms with E-state index in [0.717, 1.165) is 6.42 Å². The smallest absolute Gasteiger partial charge is 0.0619 e. The molecule has 13 rings (SSSR count). The van der Waals surface area contributed by atoms with Crippen molar-refractivity contribution in [2.45, 2.75) is 12.3 Å². The first-order chi connectivity index (χ1) is 28.8. The van der Waals surface area contributed by atoms with Crippen molar-refractivity contribution in [3.05, 3.63) is 198 Å². The Morgan fingerprint density at radius 3 is 1.90 bits per heavy atom. The number of fused-ring (bicyclic) bond motifs is 12. The Morgan fingerprint density at radius 2 is 1.07 bits per heavy atom. The van der Waals surface area contributed by atoms with Crippen LogP contribution in [-0.2, 0) is 0 Å². The van der Waals surface area contributed by atoms with Crippen LogP contribution in [0.3, 0.4) is 0 Å². The molecule has 1 aliphatic carbocycles. The van der Waals surface area contributed by atoms with Gasteiger partial charge in [-0.1, -0.05) is 133 Å². The first-order valence-corrected chi connectivity index (χ1v) is 21.7. The molecule has 1 atom stereocenters. The Hall–Kier alpha value is -6.72. The predicted molar refractivity (Wildman–Crippen MR) is 251 cm³/mol. The summed E-state index contributed by atoms with van der Waals surface area (Å²) in [6.07, 6.45) is 3.42. The van der Waals surface area contributed by atoms with Gasteiger partial charge in [0.25, 0.3) is 0 Å². The molecule has 0 amide bonds. The van der Waals surface area contributed by atoms with Crippen LogP contribution in [0.1, 0.15) is 28.3 Å². The van der Waals surface area contributed by atoms with Gasteiger partial charge in [0.2, 0.25) is 0 Å². The van der Waals surface area contributed by atoms with Crippen molar-refractivity contribution in [2.75, 3.05) is 0 Å². The molecular weight excluding hydrogens is 741 g/mol. The molecule has 8 aromatic carbocycles. The summed E-state index contributed by atoms with van der Waals surface area (Å²) >= 11 is 3.92. The second kappa shape index (κ2) is 12.4. The van der Waals surface area contributed by atoms with Crippen molar-refractivity contribution in [2.24, 2.45) is 0 Å². The highest BCUT2D eigenvalue weighted by molar-refractivity contribution is 7.26. The first kappa shape index (κ1) is 32.4. The maximum atomic E-state index is 2.57. The minimum absolute atomic E-state index is 0.233. The lowest BCUT2D eigenvalue weighted by Crippen LogP contribution is -2.10. The quantitative estimate of drug-likeness (QED) is 0.169. The minimum Gasteiger partial charge on any atom is -0.313 e. The van der Waals surface area contributed by atoms with Gasteiger partial charge in [-0.2, -0.15) is 0 Å². The largest absolute Gasteiger partial charge is 0.313 e. The summed E-state index contributed by atoms with van der Waals surface area (Å²) in [6.45, 7) is 0. The first-order valence-electron chi connectivity index (χ1n) is 20.0. The van der Waals surface area contributed by atoms with Crippen molar-refractivity contribution in [3.63, 3.8) is 0 Å². The molecule has 0 spiro atoms. The molecule has 0 aliphatic heterocycles. The molecule has 0 N–H and O–H groups in total. The number of benzene rings is 8. The third kappa shape index (κ3) is 4.59. The van der Waals surface area contributed by atoms with Crippen LogP contribution in [0.2, 0.25) is 0 Å². The Labute approximate surface area is 342 Å². The zero-order chi connectivity index (χ0) is 37.9. The number of aromatic nitrogens is 2. The fourth-order valence-electron chi connectivity index (χ4n) is 10.0. The lowest BCUT2D eigenvalue weighted by atomic mass is 9.85. The lowest BCUT2D eigenvalue weighted by molar-refractivity contribution is 0.834. The minimum atomic E-state index is 0.233. The molecular formula is C54H34N2S2. The predicted octanol–water partition coefficient (Wildman–Crippen LogP) is 15.7. The molecule has 1 aliphatic rings. The highest BCUT2D eigenvalue weighted by Crippen LogP contribution is 2.51. The van der Waals surface area contributed by atoms with E-state index in [1.165, 1.54) is 112 Å². The van der Waals surface area contributed by atoms with Gasteiger partial charge < -0.3 is 9.13 Å². The van der Waals surface area contributed by atoms with Crippen LogP contribution in [0.4, 0.5) is 0 Å². The number of hydrogen-bond donors (Lipinski definition) is 0. The van der Waals surface area contributed by atoms with Crippen LogP contribution in [0.15, 0.2) is 182 Å². The third-order valence-electron chi connectivity index (χ3n) is 12.5.